The third-order valence-electron chi connectivity index (χ3n) is 2.50. The second-order valence-electron chi connectivity index (χ2n) is 3.73. The van der Waals surface area contributed by atoms with Crippen LogP contribution in [0.15, 0.2) is 6.07 Å². The number of nitrogen functional groups attached to an aromatic ring is 1. The van der Waals surface area contributed by atoms with Gasteiger partial charge in [0.25, 0.3) is 0 Å². The normalized spacial score (nSPS) is 11.4. The van der Waals surface area contributed by atoms with E-state index in [1.54, 1.807) is 22.7 Å². The molecule has 88 valence electrons. The fraction of sp³-hybridized carbons (Fsp3) is 0.300. The molecule has 0 spiro atoms. The lowest BCUT2D eigenvalue weighted by Gasteiger charge is -1.91. The standard InChI is InChI=1S/C10H11N5S2/c1-3-7-12-13-10-15(7)14-9(17-10)8-5(2)4-6(11)16-8/h4H,3,11H2,1-2H3. The Hall–Kier alpha value is -1.47. The van der Waals surface area contributed by atoms with Crippen molar-refractivity contribution in [1.29, 1.82) is 0 Å². The first kappa shape index (κ1) is 10.7. The average molecular weight is 265 g/mol. The van der Waals surface area contributed by atoms with Gasteiger partial charge in [-0.25, -0.2) is 0 Å². The summed E-state index contributed by atoms with van der Waals surface area (Å²) in [7, 11) is 0. The Morgan fingerprint density at radius 3 is 2.82 bits per heavy atom. The molecule has 0 unspecified atom stereocenters. The predicted octanol–water partition coefficient (Wildman–Crippen LogP) is 2.37. The van der Waals surface area contributed by atoms with Crippen LogP contribution in [0, 0.1) is 6.92 Å². The maximum absolute atomic E-state index is 5.80. The monoisotopic (exact) mass is 265 g/mol. The van der Waals surface area contributed by atoms with Crippen molar-refractivity contribution in [3.63, 3.8) is 0 Å². The summed E-state index contributed by atoms with van der Waals surface area (Å²) in [5, 5.41) is 14.5. The van der Waals surface area contributed by atoms with Crippen LogP contribution in [0.3, 0.4) is 0 Å². The minimum Gasteiger partial charge on any atom is -0.391 e. The Morgan fingerprint density at radius 2 is 2.18 bits per heavy atom. The highest BCUT2D eigenvalue weighted by Crippen LogP contribution is 2.36. The second-order valence-corrected chi connectivity index (χ2v) is 5.77. The van der Waals surface area contributed by atoms with Crippen molar-refractivity contribution in [2.75, 3.05) is 5.73 Å². The molecule has 3 aromatic heterocycles. The number of aryl methyl sites for hydroxylation is 2. The van der Waals surface area contributed by atoms with Crippen molar-refractivity contribution in [2.24, 2.45) is 0 Å². The Kier molecular flexibility index (Phi) is 2.37. The maximum Gasteiger partial charge on any atom is 0.235 e. The first-order valence-corrected chi connectivity index (χ1v) is 6.89. The van der Waals surface area contributed by atoms with Gasteiger partial charge < -0.3 is 5.73 Å². The Balaban J connectivity index is 2.18. The molecule has 17 heavy (non-hydrogen) atoms. The fourth-order valence-electron chi connectivity index (χ4n) is 1.69. The molecule has 0 saturated heterocycles. The predicted molar refractivity (Wildman–Crippen MR) is 70.5 cm³/mol. The van der Waals surface area contributed by atoms with Crippen molar-refractivity contribution >= 4 is 32.6 Å². The fourth-order valence-corrected chi connectivity index (χ4v) is 3.62. The van der Waals surface area contributed by atoms with Crippen LogP contribution >= 0.6 is 22.7 Å². The van der Waals surface area contributed by atoms with Crippen LogP contribution in [-0.2, 0) is 6.42 Å². The van der Waals surface area contributed by atoms with E-state index in [4.69, 9.17) is 5.73 Å². The van der Waals surface area contributed by atoms with Crippen LogP contribution in [0.5, 0.6) is 0 Å². The molecule has 0 aromatic carbocycles. The van der Waals surface area contributed by atoms with E-state index >= 15 is 0 Å². The Bertz CT molecular complexity index is 678. The molecule has 3 rings (SSSR count). The SMILES string of the molecule is CCc1nnc2sc(-c3sc(N)cc3C)nn12. The van der Waals surface area contributed by atoms with Crippen molar-refractivity contribution in [2.45, 2.75) is 20.3 Å². The zero-order valence-corrected chi connectivity index (χ0v) is 11.1. The molecule has 0 bridgehead atoms. The average Bonchev–Trinajstić information content (AvgIpc) is 2.91. The molecule has 3 aromatic rings. The maximum atomic E-state index is 5.80. The smallest absolute Gasteiger partial charge is 0.235 e. The number of nitrogens with two attached hydrogens (primary N) is 1. The van der Waals surface area contributed by atoms with E-state index in [9.17, 15) is 0 Å². The lowest BCUT2D eigenvalue weighted by Crippen LogP contribution is -1.93. The molecule has 2 N–H and O–H groups in total. The molecule has 0 aliphatic heterocycles. The summed E-state index contributed by atoms with van der Waals surface area (Å²) in [5.74, 6) is 0.893. The van der Waals surface area contributed by atoms with Crippen molar-refractivity contribution in [1.82, 2.24) is 19.8 Å². The number of hydrogen-bond donors (Lipinski definition) is 1. The number of thiophene rings is 1. The van der Waals surface area contributed by atoms with E-state index in [2.05, 4.69) is 15.3 Å². The topological polar surface area (TPSA) is 69.1 Å². The van der Waals surface area contributed by atoms with Gasteiger partial charge in [0.1, 0.15) is 0 Å². The summed E-state index contributed by atoms with van der Waals surface area (Å²) in [6, 6.07) is 1.98. The number of aromatic nitrogens is 4. The molecule has 0 saturated carbocycles. The van der Waals surface area contributed by atoms with Gasteiger partial charge in [0.15, 0.2) is 10.8 Å². The van der Waals surface area contributed by atoms with Crippen LogP contribution < -0.4 is 5.73 Å². The first-order chi connectivity index (χ1) is 8.19. The molecule has 5 nitrogen and oxygen atoms in total. The van der Waals surface area contributed by atoms with Crippen LogP contribution in [0.1, 0.15) is 18.3 Å². The third kappa shape index (κ3) is 1.62. The molecule has 0 aliphatic carbocycles. The highest BCUT2D eigenvalue weighted by atomic mass is 32.1. The number of rotatable bonds is 2. The number of hydrogen-bond acceptors (Lipinski definition) is 6. The van der Waals surface area contributed by atoms with Gasteiger partial charge in [-0.2, -0.15) is 9.61 Å². The van der Waals surface area contributed by atoms with Gasteiger partial charge in [-0.3, -0.25) is 0 Å². The minimum atomic E-state index is 0.819. The van der Waals surface area contributed by atoms with Gasteiger partial charge in [0.2, 0.25) is 4.96 Å². The van der Waals surface area contributed by atoms with E-state index in [1.165, 1.54) is 0 Å². The van der Waals surface area contributed by atoms with E-state index in [0.29, 0.717) is 0 Å². The zero-order valence-electron chi connectivity index (χ0n) is 9.47. The minimum absolute atomic E-state index is 0.819. The lowest BCUT2D eigenvalue weighted by molar-refractivity contribution is 0.838. The summed E-state index contributed by atoms with van der Waals surface area (Å²) < 4.78 is 1.81. The molecule has 0 radical (unpaired) electrons. The highest BCUT2D eigenvalue weighted by Gasteiger charge is 2.15. The van der Waals surface area contributed by atoms with Crippen molar-refractivity contribution in [3.8, 4) is 9.88 Å². The number of fused-ring (bicyclic) bond motifs is 1. The molecule has 7 heteroatoms. The quantitative estimate of drug-likeness (QED) is 0.772. The Morgan fingerprint density at radius 1 is 1.35 bits per heavy atom. The van der Waals surface area contributed by atoms with E-state index in [-0.39, 0.29) is 0 Å². The Labute approximate surface area is 106 Å². The van der Waals surface area contributed by atoms with Gasteiger partial charge >= 0.3 is 0 Å². The third-order valence-corrected chi connectivity index (χ3v) is 4.62. The highest BCUT2D eigenvalue weighted by molar-refractivity contribution is 7.25. The van der Waals surface area contributed by atoms with Gasteiger partial charge in [0, 0.05) is 6.42 Å². The van der Waals surface area contributed by atoms with Crippen molar-refractivity contribution < 1.29 is 0 Å². The van der Waals surface area contributed by atoms with Gasteiger partial charge in [-0.1, -0.05) is 18.3 Å². The zero-order chi connectivity index (χ0) is 12.0. The second kappa shape index (κ2) is 3.78. The summed E-state index contributed by atoms with van der Waals surface area (Å²) in [6.07, 6.45) is 0.829. The number of nitrogens with zero attached hydrogens (tertiary/aromatic N) is 4. The summed E-state index contributed by atoms with van der Waals surface area (Å²) in [5.41, 5.74) is 6.97. The van der Waals surface area contributed by atoms with Crippen molar-refractivity contribution in [3.05, 3.63) is 17.5 Å². The van der Waals surface area contributed by atoms with E-state index in [0.717, 1.165) is 37.7 Å². The van der Waals surface area contributed by atoms with E-state index in [1.807, 2.05) is 24.4 Å². The van der Waals surface area contributed by atoms with Crippen LogP contribution in [-0.4, -0.2) is 19.8 Å². The largest absolute Gasteiger partial charge is 0.391 e. The molecule has 0 aliphatic rings. The van der Waals surface area contributed by atoms with Gasteiger partial charge in [-0.05, 0) is 18.6 Å². The number of anilines is 1. The molecule has 0 fully saturated rings. The van der Waals surface area contributed by atoms with Crippen LogP contribution in [0.4, 0.5) is 5.00 Å². The molecule has 3 heterocycles. The summed E-state index contributed by atoms with van der Waals surface area (Å²) in [6.45, 7) is 4.09. The molecule has 0 atom stereocenters. The van der Waals surface area contributed by atoms with E-state index < -0.39 is 0 Å². The summed E-state index contributed by atoms with van der Waals surface area (Å²) >= 11 is 3.11. The van der Waals surface area contributed by atoms with Gasteiger partial charge in [0.05, 0.1) is 9.88 Å². The first-order valence-electron chi connectivity index (χ1n) is 5.26. The summed E-state index contributed by atoms with van der Waals surface area (Å²) in [4.78, 5) is 1.96. The molecular weight excluding hydrogens is 254 g/mol. The van der Waals surface area contributed by atoms with Gasteiger partial charge in [-0.15, -0.1) is 21.5 Å². The lowest BCUT2D eigenvalue weighted by atomic mass is 10.3. The van der Waals surface area contributed by atoms with Crippen LogP contribution in [0.2, 0.25) is 0 Å². The molecular formula is C10H11N5S2. The van der Waals surface area contributed by atoms with Crippen LogP contribution in [0.25, 0.3) is 14.8 Å². The molecule has 0 amide bonds.